The molecule has 0 saturated carbocycles. The highest BCUT2D eigenvalue weighted by Crippen LogP contribution is 2.19. The Bertz CT molecular complexity index is 317. The van der Waals surface area contributed by atoms with Gasteiger partial charge in [-0.2, -0.15) is 0 Å². The van der Waals surface area contributed by atoms with E-state index < -0.39 is 0 Å². The van der Waals surface area contributed by atoms with Crippen LogP contribution in [0.2, 0.25) is 0 Å². The first-order valence-electron chi connectivity index (χ1n) is 4.68. The molecule has 1 aliphatic rings. The number of ether oxygens (including phenoxy) is 1. The minimum atomic E-state index is -0.252. The second-order valence-corrected chi connectivity index (χ2v) is 3.43. The fourth-order valence-corrected chi connectivity index (χ4v) is 1.58. The van der Waals surface area contributed by atoms with Gasteiger partial charge in [0.05, 0.1) is 12.6 Å². The summed E-state index contributed by atoms with van der Waals surface area (Å²) < 4.78 is 5.22. The second kappa shape index (κ2) is 3.86. The van der Waals surface area contributed by atoms with Crippen LogP contribution in [0.25, 0.3) is 0 Å². The molecule has 1 heterocycles. The number of nitrogens with one attached hydrogen (secondary N) is 1. The third-order valence-electron chi connectivity index (χ3n) is 2.33. The predicted octanol–water partition coefficient (Wildman–Crippen LogP) is 0.878. The van der Waals surface area contributed by atoms with E-state index >= 15 is 0 Å². The molecule has 0 spiro atoms. The normalized spacial score (nSPS) is 26.4. The van der Waals surface area contributed by atoms with Gasteiger partial charge in [0.25, 0.3) is 0 Å². The zero-order chi connectivity index (χ0) is 9.97. The molecule has 0 amide bonds. The van der Waals surface area contributed by atoms with Crippen LogP contribution in [0, 0.1) is 0 Å². The highest BCUT2D eigenvalue weighted by atomic mass is 16.5. The molecular formula is C10H14N2O2. The summed E-state index contributed by atoms with van der Waals surface area (Å²) in [6, 6.07) is 7.13. The van der Waals surface area contributed by atoms with Gasteiger partial charge in [0.2, 0.25) is 0 Å². The summed E-state index contributed by atoms with van der Waals surface area (Å²) in [5.74, 6) is 0.252. The number of rotatable bonds is 2. The Morgan fingerprint density at radius 1 is 1.50 bits per heavy atom. The van der Waals surface area contributed by atoms with Crippen molar-refractivity contribution in [1.82, 2.24) is 0 Å². The van der Waals surface area contributed by atoms with E-state index in [9.17, 15) is 5.11 Å². The van der Waals surface area contributed by atoms with Gasteiger partial charge in [-0.25, -0.2) is 0 Å². The number of aromatic hydroxyl groups is 1. The third kappa shape index (κ3) is 1.97. The van der Waals surface area contributed by atoms with E-state index in [1.165, 1.54) is 0 Å². The highest BCUT2D eigenvalue weighted by Gasteiger charge is 2.24. The van der Waals surface area contributed by atoms with Crippen LogP contribution in [0.4, 0.5) is 5.69 Å². The van der Waals surface area contributed by atoms with Gasteiger partial charge in [0.15, 0.2) is 0 Å². The van der Waals surface area contributed by atoms with Gasteiger partial charge < -0.3 is 20.9 Å². The zero-order valence-electron chi connectivity index (χ0n) is 7.81. The number of benzene rings is 1. The van der Waals surface area contributed by atoms with Gasteiger partial charge in [-0.05, 0) is 18.6 Å². The number of nitrogens with two attached hydrogens (primary N) is 1. The molecule has 1 aromatic rings. The molecule has 0 bridgehead atoms. The first-order valence-corrected chi connectivity index (χ1v) is 4.68. The van der Waals surface area contributed by atoms with Gasteiger partial charge in [0, 0.05) is 11.8 Å². The maximum absolute atomic E-state index is 9.25. The summed E-state index contributed by atoms with van der Waals surface area (Å²) in [4.78, 5) is 0. The van der Waals surface area contributed by atoms with E-state index in [0.717, 1.165) is 12.1 Å². The first-order chi connectivity index (χ1) is 6.75. The predicted molar refractivity (Wildman–Crippen MR) is 54.1 cm³/mol. The highest BCUT2D eigenvalue weighted by molar-refractivity contribution is 5.48. The molecule has 4 heteroatoms. The molecule has 0 aliphatic carbocycles. The summed E-state index contributed by atoms with van der Waals surface area (Å²) in [6.45, 7) is 0.692. The fourth-order valence-electron chi connectivity index (χ4n) is 1.58. The van der Waals surface area contributed by atoms with Crippen LogP contribution in [0.15, 0.2) is 24.3 Å². The second-order valence-electron chi connectivity index (χ2n) is 3.43. The van der Waals surface area contributed by atoms with Gasteiger partial charge in [0.1, 0.15) is 12.0 Å². The van der Waals surface area contributed by atoms with E-state index in [1.807, 2.05) is 6.07 Å². The molecule has 76 valence electrons. The van der Waals surface area contributed by atoms with Crippen LogP contribution in [-0.2, 0) is 4.74 Å². The number of hydrogen-bond donors (Lipinski definition) is 3. The maximum Gasteiger partial charge on any atom is 0.126 e. The van der Waals surface area contributed by atoms with E-state index in [1.54, 1.807) is 18.2 Å². The molecule has 1 fully saturated rings. The monoisotopic (exact) mass is 194 g/mol. The van der Waals surface area contributed by atoms with Gasteiger partial charge in [-0.1, -0.05) is 6.07 Å². The Morgan fingerprint density at radius 3 is 3.00 bits per heavy atom. The average Bonchev–Trinajstić information content (AvgIpc) is 2.52. The minimum Gasteiger partial charge on any atom is -0.508 e. The zero-order valence-corrected chi connectivity index (χ0v) is 7.81. The summed E-state index contributed by atoms with van der Waals surface area (Å²) in [5.41, 5.74) is 6.59. The van der Waals surface area contributed by atoms with Crippen LogP contribution in [0.3, 0.4) is 0 Å². The number of hydrogen-bond acceptors (Lipinski definition) is 4. The molecule has 14 heavy (non-hydrogen) atoms. The standard InChI is InChI=1S/C10H14N2O2/c11-10-9(4-5-14-10)12-7-2-1-3-8(13)6-7/h1-3,6,9-10,12-13H,4-5,11H2. The van der Waals surface area contributed by atoms with Crippen LogP contribution >= 0.6 is 0 Å². The van der Waals surface area contributed by atoms with Crippen molar-refractivity contribution in [2.45, 2.75) is 18.7 Å². The lowest BCUT2D eigenvalue weighted by Crippen LogP contribution is -2.36. The van der Waals surface area contributed by atoms with E-state index in [0.29, 0.717) is 6.61 Å². The SMILES string of the molecule is NC1OCCC1Nc1cccc(O)c1. The van der Waals surface area contributed by atoms with Gasteiger partial charge >= 0.3 is 0 Å². The fraction of sp³-hybridized carbons (Fsp3) is 0.400. The van der Waals surface area contributed by atoms with Crippen molar-refractivity contribution in [2.75, 3.05) is 11.9 Å². The van der Waals surface area contributed by atoms with Gasteiger partial charge in [-0.3, -0.25) is 0 Å². The molecule has 1 aliphatic heterocycles. The van der Waals surface area contributed by atoms with Crippen LogP contribution in [0.1, 0.15) is 6.42 Å². The Balaban J connectivity index is 2.03. The first kappa shape index (κ1) is 9.30. The third-order valence-corrected chi connectivity index (χ3v) is 2.33. The minimum absolute atomic E-state index is 0.136. The molecule has 0 aromatic heterocycles. The Hall–Kier alpha value is -1.26. The number of phenolic OH excluding ortho intramolecular Hbond substituents is 1. The summed E-state index contributed by atoms with van der Waals surface area (Å²) in [5, 5.41) is 12.5. The van der Waals surface area contributed by atoms with Crippen molar-refractivity contribution in [3.05, 3.63) is 24.3 Å². The Labute approximate surface area is 82.7 Å². The van der Waals surface area contributed by atoms with Crippen molar-refractivity contribution >= 4 is 5.69 Å². The van der Waals surface area contributed by atoms with Gasteiger partial charge in [-0.15, -0.1) is 0 Å². The Morgan fingerprint density at radius 2 is 2.36 bits per heavy atom. The molecule has 4 N–H and O–H groups in total. The molecular weight excluding hydrogens is 180 g/mol. The number of anilines is 1. The summed E-state index contributed by atoms with van der Waals surface area (Å²) >= 11 is 0. The van der Waals surface area contributed by atoms with Crippen LogP contribution in [0.5, 0.6) is 5.75 Å². The molecule has 0 radical (unpaired) electrons. The Kier molecular flexibility index (Phi) is 2.56. The quantitative estimate of drug-likeness (QED) is 0.653. The van der Waals surface area contributed by atoms with Crippen molar-refractivity contribution < 1.29 is 9.84 Å². The lowest BCUT2D eigenvalue weighted by molar-refractivity contribution is 0.112. The summed E-state index contributed by atoms with van der Waals surface area (Å²) in [7, 11) is 0. The lowest BCUT2D eigenvalue weighted by Gasteiger charge is -2.17. The molecule has 1 saturated heterocycles. The van der Waals surface area contributed by atoms with Crippen molar-refractivity contribution in [3.8, 4) is 5.75 Å². The topological polar surface area (TPSA) is 67.5 Å². The molecule has 1 aromatic carbocycles. The lowest BCUT2D eigenvalue weighted by atomic mass is 10.2. The van der Waals surface area contributed by atoms with E-state index in [4.69, 9.17) is 10.5 Å². The number of phenols is 1. The summed E-state index contributed by atoms with van der Waals surface area (Å²) in [6.07, 6.45) is 0.647. The average molecular weight is 194 g/mol. The van der Waals surface area contributed by atoms with E-state index in [2.05, 4.69) is 5.32 Å². The van der Waals surface area contributed by atoms with Crippen molar-refractivity contribution in [3.63, 3.8) is 0 Å². The maximum atomic E-state index is 9.25. The van der Waals surface area contributed by atoms with Crippen LogP contribution < -0.4 is 11.1 Å². The molecule has 2 rings (SSSR count). The van der Waals surface area contributed by atoms with Crippen molar-refractivity contribution in [2.24, 2.45) is 5.73 Å². The largest absolute Gasteiger partial charge is 0.508 e. The van der Waals surface area contributed by atoms with E-state index in [-0.39, 0.29) is 18.0 Å². The molecule has 2 unspecified atom stereocenters. The smallest absolute Gasteiger partial charge is 0.126 e. The van der Waals surface area contributed by atoms with Crippen molar-refractivity contribution in [1.29, 1.82) is 0 Å². The molecule has 2 atom stereocenters. The van der Waals surface area contributed by atoms with Crippen LogP contribution in [-0.4, -0.2) is 24.0 Å². The molecule has 4 nitrogen and oxygen atoms in total.